The zero-order chi connectivity index (χ0) is 12.3. The number of likely N-dealkylation sites (N-methyl/N-ethyl adjacent to an activating group) is 1. The van der Waals surface area contributed by atoms with Crippen LogP contribution in [0.1, 0.15) is 23.6 Å². The van der Waals surface area contributed by atoms with Crippen LogP contribution in [0.15, 0.2) is 18.5 Å². The summed E-state index contributed by atoms with van der Waals surface area (Å²) in [7, 11) is 2.19. The lowest BCUT2D eigenvalue weighted by Crippen LogP contribution is -2.39. The minimum Gasteiger partial charge on any atom is -0.329 e. The molecule has 1 aliphatic heterocycles. The van der Waals surface area contributed by atoms with E-state index in [9.17, 15) is 0 Å². The largest absolute Gasteiger partial charge is 0.329 e. The molecule has 0 amide bonds. The first-order valence-electron chi connectivity index (χ1n) is 6.14. The Labute approximate surface area is 108 Å². The van der Waals surface area contributed by atoms with E-state index in [1.54, 1.807) is 0 Å². The van der Waals surface area contributed by atoms with Crippen molar-refractivity contribution in [2.75, 3.05) is 25.1 Å². The van der Waals surface area contributed by atoms with E-state index in [2.05, 4.69) is 29.9 Å². The fourth-order valence-electron chi connectivity index (χ4n) is 2.44. The Bertz CT molecular complexity index is 363. The van der Waals surface area contributed by atoms with Gasteiger partial charge < -0.3 is 5.73 Å². The Morgan fingerprint density at radius 1 is 1.65 bits per heavy atom. The fourth-order valence-corrected chi connectivity index (χ4v) is 3.71. The highest BCUT2D eigenvalue weighted by molar-refractivity contribution is 7.99. The van der Waals surface area contributed by atoms with Crippen molar-refractivity contribution < 1.29 is 0 Å². The Hall–Kier alpha value is -0.580. The highest BCUT2D eigenvalue weighted by atomic mass is 32.2. The molecule has 0 bridgehead atoms. The Kier molecular flexibility index (Phi) is 4.42. The minimum atomic E-state index is 0.299. The number of hydrogen-bond acceptors (Lipinski definition) is 4. The first-order valence-corrected chi connectivity index (χ1v) is 7.29. The van der Waals surface area contributed by atoms with Crippen LogP contribution >= 0.6 is 11.8 Å². The molecular formula is C13H21N3S. The molecule has 3 nitrogen and oxygen atoms in total. The third-order valence-corrected chi connectivity index (χ3v) is 4.78. The van der Waals surface area contributed by atoms with Gasteiger partial charge in [0.25, 0.3) is 0 Å². The Balaban J connectivity index is 2.18. The molecule has 1 aromatic rings. The summed E-state index contributed by atoms with van der Waals surface area (Å²) in [6, 6.07) is 3.02. The quantitative estimate of drug-likeness (QED) is 0.886. The van der Waals surface area contributed by atoms with Gasteiger partial charge in [-0.2, -0.15) is 11.8 Å². The second-order valence-electron chi connectivity index (χ2n) is 4.67. The minimum absolute atomic E-state index is 0.299. The van der Waals surface area contributed by atoms with Crippen LogP contribution in [0.3, 0.4) is 0 Å². The molecule has 2 heterocycles. The van der Waals surface area contributed by atoms with E-state index < -0.39 is 0 Å². The summed E-state index contributed by atoms with van der Waals surface area (Å²) >= 11 is 2.04. The summed E-state index contributed by atoms with van der Waals surface area (Å²) in [5.74, 6) is 2.50. The van der Waals surface area contributed by atoms with Gasteiger partial charge in [-0.05, 0) is 43.3 Å². The van der Waals surface area contributed by atoms with Crippen LogP contribution in [0, 0.1) is 6.92 Å². The Morgan fingerprint density at radius 3 is 3.06 bits per heavy atom. The summed E-state index contributed by atoms with van der Waals surface area (Å²) in [6.07, 6.45) is 5.08. The van der Waals surface area contributed by atoms with Gasteiger partial charge in [0.1, 0.15) is 0 Å². The lowest BCUT2D eigenvalue weighted by atomic mass is 10.0. The molecule has 2 rings (SSSR count). The van der Waals surface area contributed by atoms with Crippen molar-refractivity contribution in [2.45, 2.75) is 25.4 Å². The maximum Gasteiger partial charge on any atom is 0.0488 e. The monoisotopic (exact) mass is 251 g/mol. The molecule has 17 heavy (non-hydrogen) atoms. The number of rotatable bonds is 4. The molecule has 0 spiro atoms. The van der Waals surface area contributed by atoms with Gasteiger partial charge in [0.2, 0.25) is 0 Å². The average Bonchev–Trinajstić information content (AvgIpc) is 2.86. The van der Waals surface area contributed by atoms with E-state index in [0.29, 0.717) is 18.6 Å². The van der Waals surface area contributed by atoms with Crippen molar-refractivity contribution in [1.29, 1.82) is 0 Å². The molecule has 2 unspecified atom stereocenters. The van der Waals surface area contributed by atoms with Crippen LogP contribution in [0.2, 0.25) is 0 Å². The van der Waals surface area contributed by atoms with Crippen molar-refractivity contribution in [1.82, 2.24) is 9.88 Å². The van der Waals surface area contributed by atoms with Crippen LogP contribution < -0.4 is 5.73 Å². The number of nitrogens with zero attached hydrogens (tertiary/aromatic N) is 2. The molecule has 2 atom stereocenters. The normalized spacial score (nSPS) is 22.0. The molecule has 0 aliphatic carbocycles. The van der Waals surface area contributed by atoms with E-state index in [4.69, 9.17) is 5.73 Å². The third-order valence-electron chi connectivity index (χ3n) is 3.64. The molecule has 1 aromatic heterocycles. The van der Waals surface area contributed by atoms with Gasteiger partial charge in [0.05, 0.1) is 0 Å². The highest BCUT2D eigenvalue weighted by Gasteiger charge is 2.26. The number of hydrogen-bond donors (Lipinski definition) is 1. The summed E-state index contributed by atoms with van der Waals surface area (Å²) in [5.41, 5.74) is 8.52. The fraction of sp³-hybridized carbons (Fsp3) is 0.615. The Morgan fingerprint density at radius 2 is 2.47 bits per heavy atom. The topological polar surface area (TPSA) is 42.1 Å². The van der Waals surface area contributed by atoms with Crippen LogP contribution in [-0.2, 0) is 0 Å². The van der Waals surface area contributed by atoms with Crippen molar-refractivity contribution in [3.63, 3.8) is 0 Å². The molecule has 2 N–H and O–H groups in total. The van der Waals surface area contributed by atoms with Crippen LogP contribution in [-0.4, -0.2) is 41.0 Å². The van der Waals surface area contributed by atoms with Crippen LogP contribution in [0.5, 0.6) is 0 Å². The van der Waals surface area contributed by atoms with Gasteiger partial charge in [-0.3, -0.25) is 9.88 Å². The summed E-state index contributed by atoms with van der Waals surface area (Å²) in [4.78, 5) is 6.67. The molecule has 1 saturated heterocycles. The molecule has 0 saturated carbocycles. The predicted octanol–water partition coefficient (Wildman–Crippen LogP) is 1.83. The van der Waals surface area contributed by atoms with E-state index >= 15 is 0 Å². The highest BCUT2D eigenvalue weighted by Crippen LogP contribution is 2.29. The van der Waals surface area contributed by atoms with Crippen LogP contribution in [0.4, 0.5) is 0 Å². The first-order chi connectivity index (χ1) is 8.24. The number of nitrogens with two attached hydrogens (primary N) is 1. The predicted molar refractivity (Wildman–Crippen MR) is 74.3 cm³/mol. The second kappa shape index (κ2) is 5.85. The zero-order valence-corrected chi connectivity index (χ0v) is 11.4. The average molecular weight is 251 g/mol. The molecule has 1 fully saturated rings. The van der Waals surface area contributed by atoms with Gasteiger partial charge in [-0.1, -0.05) is 0 Å². The maximum absolute atomic E-state index is 5.97. The van der Waals surface area contributed by atoms with Gasteiger partial charge in [-0.25, -0.2) is 0 Å². The molecule has 1 aliphatic rings. The van der Waals surface area contributed by atoms with E-state index in [-0.39, 0.29) is 0 Å². The number of aromatic nitrogens is 1. The molecule has 94 valence electrons. The zero-order valence-electron chi connectivity index (χ0n) is 10.6. The van der Waals surface area contributed by atoms with E-state index in [0.717, 1.165) is 0 Å². The molecular weight excluding hydrogens is 230 g/mol. The van der Waals surface area contributed by atoms with E-state index in [1.807, 2.05) is 24.2 Å². The molecule has 0 aromatic carbocycles. The standard InChI is InChI=1S/C13H21N3S/c1-10-3-5-15-8-12(10)13(7-14)16(2)11-4-6-17-9-11/h3,5,8,11,13H,4,6-7,9,14H2,1-2H3. The van der Waals surface area contributed by atoms with Gasteiger partial charge in [0.15, 0.2) is 0 Å². The summed E-state index contributed by atoms with van der Waals surface area (Å²) in [5, 5.41) is 0. The lowest BCUT2D eigenvalue weighted by molar-refractivity contribution is 0.192. The van der Waals surface area contributed by atoms with Crippen molar-refractivity contribution in [3.05, 3.63) is 29.6 Å². The van der Waals surface area contributed by atoms with Gasteiger partial charge in [-0.15, -0.1) is 0 Å². The van der Waals surface area contributed by atoms with E-state index in [1.165, 1.54) is 29.1 Å². The third kappa shape index (κ3) is 2.81. The number of aryl methyl sites for hydroxylation is 1. The van der Waals surface area contributed by atoms with Crippen molar-refractivity contribution in [2.24, 2.45) is 5.73 Å². The number of thioether (sulfide) groups is 1. The lowest BCUT2D eigenvalue weighted by Gasteiger charge is -2.32. The summed E-state index contributed by atoms with van der Waals surface area (Å²) < 4.78 is 0. The first kappa shape index (κ1) is 12.9. The van der Waals surface area contributed by atoms with Gasteiger partial charge in [0, 0.05) is 36.8 Å². The number of pyridine rings is 1. The van der Waals surface area contributed by atoms with Crippen LogP contribution in [0.25, 0.3) is 0 Å². The molecule has 4 heteroatoms. The molecule has 0 radical (unpaired) electrons. The maximum atomic E-state index is 5.97. The van der Waals surface area contributed by atoms with Gasteiger partial charge >= 0.3 is 0 Å². The van der Waals surface area contributed by atoms with Crippen molar-refractivity contribution >= 4 is 11.8 Å². The van der Waals surface area contributed by atoms with Crippen molar-refractivity contribution in [3.8, 4) is 0 Å². The SMILES string of the molecule is Cc1ccncc1C(CN)N(C)C1CCSC1. The smallest absolute Gasteiger partial charge is 0.0488 e. The summed E-state index contributed by atoms with van der Waals surface area (Å²) in [6.45, 7) is 2.79. The second-order valence-corrected chi connectivity index (χ2v) is 5.82.